The normalized spacial score (nSPS) is 9.42. The van der Waals surface area contributed by atoms with Crippen LogP contribution in [0.15, 0.2) is 122 Å². The number of benzene rings is 4. The zero-order valence-corrected chi connectivity index (χ0v) is 21.0. The van der Waals surface area contributed by atoms with Crippen LogP contribution < -0.4 is 24.8 Å². The first kappa shape index (κ1) is 26.9. The minimum Gasteiger partial charge on any atom is -1.00 e. The molecule has 6 aromatic carbocycles. The number of hydrogen-bond donors (Lipinski definition) is 0. The molecular weight excluding hydrogens is 498 g/mol. The summed E-state index contributed by atoms with van der Waals surface area (Å²) in [4.78, 5) is 0. The quantitative estimate of drug-likeness (QED) is 0.213. The Kier molecular flexibility index (Phi) is 10.9. The van der Waals surface area contributed by atoms with Gasteiger partial charge < -0.3 is 24.8 Å². The van der Waals surface area contributed by atoms with Gasteiger partial charge in [0.05, 0.1) is 0 Å². The van der Waals surface area contributed by atoms with Gasteiger partial charge in [0.2, 0.25) is 0 Å². The fourth-order valence-electron chi connectivity index (χ4n) is 3.81. The van der Waals surface area contributed by atoms with Gasteiger partial charge in [-0.25, -0.2) is 0 Å². The van der Waals surface area contributed by atoms with Gasteiger partial charge in [0.1, 0.15) is 0 Å². The monoisotopic (exact) mass is 518 g/mol. The molecule has 0 fully saturated rings. The molecule has 3 heteroatoms. The van der Waals surface area contributed by atoms with Crippen molar-refractivity contribution in [3.63, 3.8) is 0 Å². The first-order chi connectivity index (χ1) is 13.9. The van der Waals surface area contributed by atoms with Crippen LogP contribution in [-0.2, 0) is 26.2 Å². The SMILES string of the molecule is C=C.[Cl-].[Cl-].[Zr+4].c1ccc2c(c1)[cH-]c1ccccc12.c1ccc2c(c1)[cH-]c1ccccc12. The second kappa shape index (κ2) is 12.6. The fourth-order valence-corrected chi connectivity index (χ4v) is 3.81. The Balaban J connectivity index is 0.000000264. The molecule has 0 atom stereocenters. The minimum absolute atomic E-state index is 0. The second-order valence-electron chi connectivity index (χ2n) is 6.64. The van der Waals surface area contributed by atoms with E-state index in [0.29, 0.717) is 0 Å². The molecule has 31 heavy (non-hydrogen) atoms. The van der Waals surface area contributed by atoms with Crippen LogP contribution in [0.25, 0.3) is 43.1 Å². The van der Waals surface area contributed by atoms with E-state index in [2.05, 4.69) is 122 Å². The van der Waals surface area contributed by atoms with Gasteiger partial charge in [0.25, 0.3) is 0 Å². The predicted molar refractivity (Wildman–Crippen MR) is 125 cm³/mol. The average Bonchev–Trinajstić information content (AvgIpc) is 3.34. The molecule has 0 unspecified atom stereocenters. The summed E-state index contributed by atoms with van der Waals surface area (Å²) in [5.74, 6) is 0. The maximum atomic E-state index is 3.00. The van der Waals surface area contributed by atoms with Gasteiger partial charge in [-0.2, -0.15) is 0 Å². The van der Waals surface area contributed by atoms with E-state index >= 15 is 0 Å². The molecule has 0 aromatic heterocycles. The number of halogens is 2. The topological polar surface area (TPSA) is 0 Å². The molecule has 0 heterocycles. The Bertz CT molecular complexity index is 1150. The Morgan fingerprint density at radius 1 is 0.387 bits per heavy atom. The number of fused-ring (bicyclic) bond motifs is 6. The molecule has 0 bridgehead atoms. The van der Waals surface area contributed by atoms with Gasteiger partial charge in [-0.1, -0.05) is 72.8 Å². The summed E-state index contributed by atoms with van der Waals surface area (Å²) in [5.41, 5.74) is 0. The van der Waals surface area contributed by atoms with Gasteiger partial charge in [0, 0.05) is 0 Å². The van der Waals surface area contributed by atoms with E-state index in [0.717, 1.165) is 0 Å². The first-order valence-electron chi connectivity index (χ1n) is 9.46. The van der Waals surface area contributed by atoms with Crippen LogP contribution in [0.4, 0.5) is 0 Å². The molecule has 0 aliphatic carbocycles. The molecule has 6 aromatic rings. The van der Waals surface area contributed by atoms with Gasteiger partial charge in [-0.15, -0.1) is 92.6 Å². The van der Waals surface area contributed by atoms with Crippen LogP contribution in [0.5, 0.6) is 0 Å². The van der Waals surface area contributed by atoms with Gasteiger partial charge in [0.15, 0.2) is 0 Å². The molecule has 0 aliphatic rings. The minimum atomic E-state index is 0. The Morgan fingerprint density at radius 3 is 0.806 bits per heavy atom. The maximum absolute atomic E-state index is 3.00. The van der Waals surface area contributed by atoms with Crippen molar-refractivity contribution in [3.05, 3.63) is 122 Å². The van der Waals surface area contributed by atoms with Crippen LogP contribution in [0.2, 0.25) is 0 Å². The third kappa shape index (κ3) is 5.55. The van der Waals surface area contributed by atoms with Crippen molar-refractivity contribution in [1.82, 2.24) is 0 Å². The van der Waals surface area contributed by atoms with Crippen LogP contribution in [0.3, 0.4) is 0 Å². The van der Waals surface area contributed by atoms with Crippen LogP contribution >= 0.6 is 0 Å². The summed E-state index contributed by atoms with van der Waals surface area (Å²) in [6.45, 7) is 6.00. The summed E-state index contributed by atoms with van der Waals surface area (Å²) in [6.07, 6.45) is 0. The number of hydrogen-bond acceptors (Lipinski definition) is 0. The average molecular weight is 521 g/mol. The van der Waals surface area contributed by atoms with Gasteiger partial charge in [-0.3, -0.25) is 0 Å². The molecule has 0 saturated heterocycles. The summed E-state index contributed by atoms with van der Waals surface area (Å²) in [7, 11) is 0. The summed E-state index contributed by atoms with van der Waals surface area (Å²) in [6, 6.07) is 38.5. The summed E-state index contributed by atoms with van der Waals surface area (Å²) < 4.78 is 0. The predicted octanol–water partition coefficient (Wildman–Crippen LogP) is 2.23. The first-order valence-corrected chi connectivity index (χ1v) is 9.46. The fraction of sp³-hybridized carbons (Fsp3) is 0. The van der Waals surface area contributed by atoms with E-state index in [9.17, 15) is 0 Å². The van der Waals surface area contributed by atoms with Crippen molar-refractivity contribution in [2.24, 2.45) is 0 Å². The molecule has 0 spiro atoms. The van der Waals surface area contributed by atoms with Crippen LogP contribution in [-0.4, -0.2) is 0 Å². The Hall–Kier alpha value is -2.18. The van der Waals surface area contributed by atoms with Crippen molar-refractivity contribution < 1.29 is 51.0 Å². The third-order valence-electron chi connectivity index (χ3n) is 5.05. The molecule has 0 aliphatic heterocycles. The summed E-state index contributed by atoms with van der Waals surface area (Å²) >= 11 is 0. The molecule has 0 radical (unpaired) electrons. The molecule has 0 nitrogen and oxygen atoms in total. The van der Waals surface area contributed by atoms with Crippen molar-refractivity contribution in [2.75, 3.05) is 0 Å². The molecule has 152 valence electrons. The third-order valence-corrected chi connectivity index (χ3v) is 5.05. The van der Waals surface area contributed by atoms with E-state index in [1.807, 2.05) is 0 Å². The zero-order valence-electron chi connectivity index (χ0n) is 17.1. The van der Waals surface area contributed by atoms with Crippen molar-refractivity contribution in [2.45, 2.75) is 0 Å². The van der Waals surface area contributed by atoms with Crippen LogP contribution in [0.1, 0.15) is 0 Å². The second-order valence-corrected chi connectivity index (χ2v) is 6.64. The number of rotatable bonds is 0. The van der Waals surface area contributed by atoms with Crippen molar-refractivity contribution >= 4 is 43.1 Å². The largest absolute Gasteiger partial charge is 4.00 e. The molecule has 0 N–H and O–H groups in total. The Morgan fingerprint density at radius 2 is 0.581 bits per heavy atom. The van der Waals surface area contributed by atoms with Gasteiger partial charge >= 0.3 is 26.2 Å². The van der Waals surface area contributed by atoms with E-state index in [1.54, 1.807) is 0 Å². The van der Waals surface area contributed by atoms with Crippen LogP contribution in [0, 0.1) is 0 Å². The van der Waals surface area contributed by atoms with E-state index in [4.69, 9.17) is 0 Å². The van der Waals surface area contributed by atoms with E-state index in [-0.39, 0.29) is 51.0 Å². The maximum Gasteiger partial charge on any atom is 4.00 e. The molecule has 0 amide bonds. The molecular formula is C28H22Cl2Zr. The molecule has 6 rings (SSSR count). The van der Waals surface area contributed by atoms with E-state index in [1.165, 1.54) is 43.1 Å². The Labute approximate surface area is 215 Å². The van der Waals surface area contributed by atoms with Crippen molar-refractivity contribution in [3.8, 4) is 0 Å². The van der Waals surface area contributed by atoms with Crippen molar-refractivity contribution in [1.29, 1.82) is 0 Å². The smallest absolute Gasteiger partial charge is 1.00 e. The standard InChI is InChI=1S/2C13H9.C2H4.2ClH.Zr/c2*1-3-7-12-10(5-1)9-11-6-2-4-8-13(11)12;1-2;;;/h2*1-9H;1-2H2;2*1H;/q2*-1;;;;+4/p-2. The van der Waals surface area contributed by atoms with Gasteiger partial charge in [-0.05, 0) is 0 Å². The van der Waals surface area contributed by atoms with E-state index < -0.39 is 0 Å². The zero-order chi connectivity index (χ0) is 19.3. The molecule has 0 saturated carbocycles. The summed E-state index contributed by atoms with van der Waals surface area (Å²) in [5, 5.41) is 10.8.